The summed E-state index contributed by atoms with van der Waals surface area (Å²) in [5, 5.41) is 2.03. The standard InChI is InChI=1S/C13H11NO2/c1-15-11-6-8(14)7-12-13(11)9-4-2-3-5-10(9)16-12/h2-7H,14H2,1H3. The van der Waals surface area contributed by atoms with Crippen LogP contribution in [0.3, 0.4) is 0 Å². The van der Waals surface area contributed by atoms with Gasteiger partial charge in [0.25, 0.3) is 0 Å². The number of benzene rings is 2. The fourth-order valence-corrected chi connectivity index (χ4v) is 2.00. The van der Waals surface area contributed by atoms with Gasteiger partial charge in [0.1, 0.15) is 16.9 Å². The molecule has 0 saturated heterocycles. The van der Waals surface area contributed by atoms with Crippen LogP contribution in [-0.4, -0.2) is 7.11 Å². The van der Waals surface area contributed by atoms with Crippen LogP contribution in [0.4, 0.5) is 5.69 Å². The second-order valence-corrected chi connectivity index (χ2v) is 3.69. The number of para-hydroxylation sites is 1. The van der Waals surface area contributed by atoms with E-state index in [1.54, 1.807) is 7.11 Å². The van der Waals surface area contributed by atoms with Gasteiger partial charge in [-0.3, -0.25) is 0 Å². The lowest BCUT2D eigenvalue weighted by Gasteiger charge is -2.02. The zero-order chi connectivity index (χ0) is 11.1. The highest BCUT2D eigenvalue weighted by Crippen LogP contribution is 2.36. The zero-order valence-corrected chi connectivity index (χ0v) is 8.86. The van der Waals surface area contributed by atoms with E-state index in [0.29, 0.717) is 5.69 Å². The Morgan fingerprint density at radius 2 is 1.94 bits per heavy atom. The third-order valence-corrected chi connectivity index (χ3v) is 2.68. The Morgan fingerprint density at radius 3 is 2.75 bits per heavy atom. The molecule has 0 unspecified atom stereocenters. The van der Waals surface area contributed by atoms with Crippen molar-refractivity contribution in [1.82, 2.24) is 0 Å². The number of fused-ring (bicyclic) bond motifs is 3. The maximum Gasteiger partial charge on any atom is 0.141 e. The molecule has 0 atom stereocenters. The minimum absolute atomic E-state index is 0.642. The van der Waals surface area contributed by atoms with Crippen molar-refractivity contribution in [3.63, 3.8) is 0 Å². The number of rotatable bonds is 1. The lowest BCUT2D eigenvalue weighted by atomic mass is 10.1. The molecular formula is C13H11NO2. The first-order chi connectivity index (χ1) is 7.79. The van der Waals surface area contributed by atoms with Gasteiger partial charge in [0, 0.05) is 23.2 Å². The highest BCUT2D eigenvalue weighted by Gasteiger charge is 2.11. The molecule has 0 aliphatic carbocycles. The predicted octanol–water partition coefficient (Wildman–Crippen LogP) is 3.18. The van der Waals surface area contributed by atoms with Crippen molar-refractivity contribution >= 4 is 27.6 Å². The molecule has 0 saturated carbocycles. The molecule has 0 fully saturated rings. The summed E-state index contributed by atoms with van der Waals surface area (Å²) in [4.78, 5) is 0. The van der Waals surface area contributed by atoms with E-state index in [0.717, 1.165) is 27.7 Å². The molecule has 2 aromatic carbocycles. The van der Waals surface area contributed by atoms with E-state index in [1.807, 2.05) is 36.4 Å². The third kappa shape index (κ3) is 1.15. The van der Waals surface area contributed by atoms with E-state index in [9.17, 15) is 0 Å². The highest BCUT2D eigenvalue weighted by molar-refractivity contribution is 6.09. The molecule has 16 heavy (non-hydrogen) atoms. The van der Waals surface area contributed by atoms with Gasteiger partial charge in [-0.2, -0.15) is 0 Å². The average Bonchev–Trinajstić information content (AvgIpc) is 2.65. The first-order valence-corrected chi connectivity index (χ1v) is 5.04. The van der Waals surface area contributed by atoms with Gasteiger partial charge in [0.2, 0.25) is 0 Å². The van der Waals surface area contributed by atoms with Gasteiger partial charge < -0.3 is 14.9 Å². The van der Waals surface area contributed by atoms with Crippen molar-refractivity contribution < 1.29 is 9.15 Å². The predicted molar refractivity (Wildman–Crippen MR) is 64.7 cm³/mol. The molecule has 3 rings (SSSR count). The molecule has 0 radical (unpaired) electrons. The van der Waals surface area contributed by atoms with Gasteiger partial charge in [-0.1, -0.05) is 18.2 Å². The Hall–Kier alpha value is -2.16. The fraction of sp³-hybridized carbons (Fsp3) is 0.0769. The molecule has 0 amide bonds. The summed E-state index contributed by atoms with van der Waals surface area (Å²) in [5.41, 5.74) is 8.03. The molecule has 1 heterocycles. The van der Waals surface area contributed by atoms with Crippen molar-refractivity contribution in [3.8, 4) is 5.75 Å². The molecule has 0 aliphatic heterocycles. The first-order valence-electron chi connectivity index (χ1n) is 5.04. The quantitative estimate of drug-likeness (QED) is 0.631. The maximum atomic E-state index is 5.78. The van der Waals surface area contributed by atoms with Crippen molar-refractivity contribution in [2.45, 2.75) is 0 Å². The molecule has 0 spiro atoms. The molecule has 3 aromatic rings. The molecule has 2 N–H and O–H groups in total. The van der Waals surface area contributed by atoms with E-state index in [-0.39, 0.29) is 0 Å². The van der Waals surface area contributed by atoms with Crippen molar-refractivity contribution in [1.29, 1.82) is 0 Å². The Bertz CT molecular complexity index is 670. The van der Waals surface area contributed by atoms with Gasteiger partial charge in [-0.25, -0.2) is 0 Å². The van der Waals surface area contributed by atoms with E-state index in [1.165, 1.54) is 0 Å². The normalized spacial score (nSPS) is 11.1. The molecule has 0 bridgehead atoms. The molecule has 1 aromatic heterocycles. The van der Waals surface area contributed by atoms with Crippen LogP contribution in [0, 0.1) is 0 Å². The number of hydrogen-bond acceptors (Lipinski definition) is 3. The third-order valence-electron chi connectivity index (χ3n) is 2.68. The summed E-state index contributed by atoms with van der Waals surface area (Å²) in [7, 11) is 1.63. The van der Waals surface area contributed by atoms with Gasteiger partial charge in [0.05, 0.1) is 12.5 Å². The molecule has 0 aliphatic rings. The number of hydrogen-bond donors (Lipinski definition) is 1. The van der Waals surface area contributed by atoms with Crippen molar-refractivity contribution in [2.75, 3.05) is 12.8 Å². The van der Waals surface area contributed by atoms with Gasteiger partial charge in [-0.15, -0.1) is 0 Å². The summed E-state index contributed by atoms with van der Waals surface area (Å²) in [6.07, 6.45) is 0. The van der Waals surface area contributed by atoms with Crippen LogP contribution >= 0.6 is 0 Å². The van der Waals surface area contributed by atoms with Crippen LogP contribution in [0.1, 0.15) is 0 Å². The molecule has 3 heteroatoms. The largest absolute Gasteiger partial charge is 0.496 e. The lowest BCUT2D eigenvalue weighted by Crippen LogP contribution is -1.88. The van der Waals surface area contributed by atoms with E-state index in [2.05, 4.69) is 0 Å². The Balaban J connectivity index is 2.55. The zero-order valence-electron chi connectivity index (χ0n) is 8.86. The van der Waals surface area contributed by atoms with Crippen molar-refractivity contribution in [2.24, 2.45) is 0 Å². The van der Waals surface area contributed by atoms with Crippen LogP contribution in [0.5, 0.6) is 5.75 Å². The van der Waals surface area contributed by atoms with E-state index in [4.69, 9.17) is 14.9 Å². The number of furan rings is 1. The van der Waals surface area contributed by atoms with E-state index >= 15 is 0 Å². The van der Waals surface area contributed by atoms with Crippen LogP contribution < -0.4 is 10.5 Å². The van der Waals surface area contributed by atoms with Gasteiger partial charge in [0.15, 0.2) is 0 Å². The number of ether oxygens (including phenoxy) is 1. The smallest absolute Gasteiger partial charge is 0.141 e. The number of nitrogen functional groups attached to an aromatic ring is 1. The molecule has 3 nitrogen and oxygen atoms in total. The number of nitrogens with two attached hydrogens (primary N) is 1. The topological polar surface area (TPSA) is 48.4 Å². The highest BCUT2D eigenvalue weighted by atomic mass is 16.5. The molecular weight excluding hydrogens is 202 g/mol. The van der Waals surface area contributed by atoms with Gasteiger partial charge >= 0.3 is 0 Å². The second-order valence-electron chi connectivity index (χ2n) is 3.69. The van der Waals surface area contributed by atoms with Gasteiger partial charge in [-0.05, 0) is 6.07 Å². The molecule has 80 valence electrons. The Morgan fingerprint density at radius 1 is 1.12 bits per heavy atom. The maximum absolute atomic E-state index is 5.78. The minimum Gasteiger partial charge on any atom is -0.496 e. The van der Waals surface area contributed by atoms with Crippen LogP contribution in [0.2, 0.25) is 0 Å². The minimum atomic E-state index is 0.642. The number of methoxy groups -OCH3 is 1. The fourth-order valence-electron chi connectivity index (χ4n) is 2.00. The van der Waals surface area contributed by atoms with E-state index < -0.39 is 0 Å². The van der Waals surface area contributed by atoms with Crippen LogP contribution in [0.15, 0.2) is 40.8 Å². The monoisotopic (exact) mass is 213 g/mol. The van der Waals surface area contributed by atoms with Crippen LogP contribution in [-0.2, 0) is 0 Å². The Labute approximate surface area is 92.4 Å². The summed E-state index contributed by atoms with van der Waals surface area (Å²) < 4.78 is 11.1. The first kappa shape index (κ1) is 9.09. The number of anilines is 1. The summed E-state index contributed by atoms with van der Waals surface area (Å²) >= 11 is 0. The van der Waals surface area contributed by atoms with Crippen LogP contribution in [0.25, 0.3) is 21.9 Å². The summed E-state index contributed by atoms with van der Waals surface area (Å²) in [6, 6.07) is 11.5. The SMILES string of the molecule is COc1cc(N)cc2oc3ccccc3c12. The second kappa shape index (κ2) is 3.17. The average molecular weight is 213 g/mol. The summed E-state index contributed by atoms with van der Waals surface area (Å²) in [5.74, 6) is 0.750. The Kier molecular flexibility index (Phi) is 1.80. The summed E-state index contributed by atoms with van der Waals surface area (Å²) in [6.45, 7) is 0. The lowest BCUT2D eigenvalue weighted by molar-refractivity contribution is 0.420. The van der Waals surface area contributed by atoms with Crippen molar-refractivity contribution in [3.05, 3.63) is 36.4 Å².